The minimum Gasteiger partial charge on any atom is -0.480 e. The number of likely N-dealkylation sites (N-methyl/N-ethyl adjacent to an activating group) is 1. The maximum absolute atomic E-state index is 10.7. The van der Waals surface area contributed by atoms with Gasteiger partial charge >= 0.3 is 5.97 Å². The lowest BCUT2D eigenvalue weighted by atomic mass is 10.5. The third-order valence-corrected chi connectivity index (χ3v) is 10.2. The van der Waals surface area contributed by atoms with Crippen molar-refractivity contribution >= 4 is 23.8 Å². The zero-order valence-electron chi connectivity index (χ0n) is 10.9. The molecule has 3 nitrogen and oxygen atoms in total. The molecule has 0 radical (unpaired) electrons. The van der Waals surface area contributed by atoms with E-state index in [-0.39, 0.29) is 6.54 Å². The highest BCUT2D eigenvalue weighted by Gasteiger charge is 2.27. The van der Waals surface area contributed by atoms with E-state index in [1.54, 1.807) is 0 Å². The zero-order chi connectivity index (χ0) is 12.9. The van der Waals surface area contributed by atoms with Crippen LogP contribution in [0.3, 0.4) is 0 Å². The minimum absolute atomic E-state index is 0.105. The average molecular weight is 265 g/mol. The number of carboxylic acids is 1. The second kappa shape index (κ2) is 6.73. The molecule has 0 spiro atoms. The zero-order valence-corrected chi connectivity index (χ0v) is 12.6. The van der Waals surface area contributed by atoms with Crippen LogP contribution in [-0.4, -0.2) is 46.7 Å². The van der Waals surface area contributed by atoms with Crippen LogP contribution in [0.2, 0.25) is 0 Å². The fourth-order valence-corrected chi connectivity index (χ4v) is 4.95. The standard InChI is InChI=1S/C11H24NO2PS/c1-6-12(7-11(13)14)8-15(16,9(2)3)10(4)5/h9-10H,6-8H2,1-5H3,(H,13,14). The molecule has 0 saturated carbocycles. The Balaban J connectivity index is 4.73. The number of aliphatic carboxylic acids is 1. The Labute approximate surface area is 104 Å². The molecule has 0 heterocycles. The second-order valence-corrected chi connectivity index (χ2v) is 10.8. The maximum atomic E-state index is 10.7. The van der Waals surface area contributed by atoms with Crippen molar-refractivity contribution in [3.8, 4) is 0 Å². The SMILES string of the molecule is CCN(CC(=O)O)CP(=S)(C(C)C)C(C)C. The summed E-state index contributed by atoms with van der Waals surface area (Å²) in [5, 5.41) is 8.83. The monoisotopic (exact) mass is 265 g/mol. The van der Waals surface area contributed by atoms with E-state index in [1.165, 1.54) is 0 Å². The summed E-state index contributed by atoms with van der Waals surface area (Å²) in [6.07, 6.45) is 0.778. The Morgan fingerprint density at radius 3 is 2.00 bits per heavy atom. The molecule has 0 unspecified atom stereocenters. The Hall–Kier alpha value is 0.0800. The van der Waals surface area contributed by atoms with Gasteiger partial charge in [-0.05, 0) is 23.9 Å². The van der Waals surface area contributed by atoms with E-state index in [0.29, 0.717) is 11.3 Å². The lowest BCUT2D eigenvalue weighted by molar-refractivity contribution is -0.138. The Morgan fingerprint density at radius 1 is 1.31 bits per heavy atom. The quantitative estimate of drug-likeness (QED) is 0.718. The summed E-state index contributed by atoms with van der Waals surface area (Å²) in [5.74, 6) is -0.768. The molecule has 0 aromatic carbocycles. The molecule has 0 aliphatic carbocycles. The van der Waals surface area contributed by atoms with Crippen LogP contribution in [0, 0.1) is 0 Å². The average Bonchev–Trinajstić information content (AvgIpc) is 2.15. The summed E-state index contributed by atoms with van der Waals surface area (Å²) in [5.41, 5.74) is 0.954. The van der Waals surface area contributed by atoms with Crippen LogP contribution in [0.15, 0.2) is 0 Å². The molecule has 0 bridgehead atoms. The van der Waals surface area contributed by atoms with Crippen LogP contribution in [-0.2, 0) is 16.6 Å². The first-order valence-electron chi connectivity index (χ1n) is 5.76. The van der Waals surface area contributed by atoms with Crippen LogP contribution in [0.5, 0.6) is 0 Å². The Bertz CT molecular complexity index is 267. The highest BCUT2D eigenvalue weighted by Crippen LogP contribution is 2.55. The smallest absolute Gasteiger partial charge is 0.317 e. The first kappa shape index (κ1) is 16.1. The third-order valence-electron chi connectivity index (χ3n) is 2.98. The van der Waals surface area contributed by atoms with Crippen LogP contribution < -0.4 is 0 Å². The Kier molecular flexibility index (Phi) is 6.76. The van der Waals surface area contributed by atoms with Gasteiger partial charge in [0, 0.05) is 6.29 Å². The molecule has 0 aromatic heterocycles. The van der Waals surface area contributed by atoms with Gasteiger partial charge in [-0.2, -0.15) is 0 Å². The molecule has 0 atom stereocenters. The molecule has 5 heteroatoms. The molecular formula is C11H24NO2PS. The van der Waals surface area contributed by atoms with Crippen LogP contribution >= 0.6 is 6.04 Å². The van der Waals surface area contributed by atoms with Crippen molar-refractivity contribution in [3.63, 3.8) is 0 Å². The van der Waals surface area contributed by atoms with Gasteiger partial charge < -0.3 is 5.11 Å². The van der Waals surface area contributed by atoms with Gasteiger partial charge in [0.1, 0.15) is 0 Å². The van der Waals surface area contributed by atoms with Crippen molar-refractivity contribution in [1.29, 1.82) is 0 Å². The molecule has 0 aromatic rings. The van der Waals surface area contributed by atoms with Crippen molar-refractivity contribution in [2.75, 3.05) is 19.4 Å². The van der Waals surface area contributed by atoms with Crippen LogP contribution in [0.4, 0.5) is 0 Å². The highest BCUT2D eigenvalue weighted by molar-refractivity contribution is 8.15. The summed E-state index contributed by atoms with van der Waals surface area (Å²) in [4.78, 5) is 12.7. The van der Waals surface area contributed by atoms with Crippen molar-refractivity contribution in [3.05, 3.63) is 0 Å². The van der Waals surface area contributed by atoms with Gasteiger partial charge in [-0.15, -0.1) is 0 Å². The van der Waals surface area contributed by atoms with E-state index in [2.05, 4.69) is 27.7 Å². The van der Waals surface area contributed by atoms with Gasteiger partial charge in [0.25, 0.3) is 0 Å². The lowest BCUT2D eigenvalue weighted by Gasteiger charge is -2.34. The molecule has 0 fully saturated rings. The van der Waals surface area contributed by atoms with Crippen molar-refractivity contribution in [2.45, 2.75) is 45.9 Å². The summed E-state index contributed by atoms with van der Waals surface area (Å²) in [6, 6.07) is -1.50. The van der Waals surface area contributed by atoms with E-state index in [4.69, 9.17) is 16.9 Å². The Morgan fingerprint density at radius 2 is 1.75 bits per heavy atom. The predicted octanol–water partition coefficient (Wildman–Crippen LogP) is 2.65. The molecule has 0 aliphatic heterocycles. The van der Waals surface area contributed by atoms with Gasteiger partial charge in [-0.1, -0.05) is 46.4 Å². The maximum Gasteiger partial charge on any atom is 0.317 e. The topological polar surface area (TPSA) is 40.5 Å². The fourth-order valence-electron chi connectivity index (χ4n) is 1.69. The van der Waals surface area contributed by atoms with Crippen molar-refractivity contribution < 1.29 is 9.90 Å². The van der Waals surface area contributed by atoms with Gasteiger partial charge in [0.2, 0.25) is 0 Å². The number of hydrogen-bond acceptors (Lipinski definition) is 3. The van der Waals surface area contributed by atoms with Gasteiger partial charge in [-0.3, -0.25) is 9.69 Å². The summed E-state index contributed by atoms with van der Waals surface area (Å²) >= 11 is 5.82. The number of hydrogen-bond donors (Lipinski definition) is 1. The van der Waals surface area contributed by atoms with Crippen LogP contribution in [0.1, 0.15) is 34.6 Å². The number of carbonyl (C=O) groups is 1. The molecule has 16 heavy (non-hydrogen) atoms. The van der Waals surface area contributed by atoms with Gasteiger partial charge in [0.05, 0.1) is 6.54 Å². The molecule has 96 valence electrons. The van der Waals surface area contributed by atoms with E-state index in [0.717, 1.165) is 12.8 Å². The lowest BCUT2D eigenvalue weighted by Crippen LogP contribution is -2.33. The van der Waals surface area contributed by atoms with E-state index in [1.807, 2.05) is 11.8 Å². The van der Waals surface area contributed by atoms with E-state index in [9.17, 15) is 4.79 Å². The largest absolute Gasteiger partial charge is 0.480 e. The van der Waals surface area contributed by atoms with Gasteiger partial charge in [-0.25, -0.2) is 0 Å². The predicted molar refractivity (Wildman–Crippen MR) is 74.3 cm³/mol. The summed E-state index contributed by atoms with van der Waals surface area (Å²) < 4.78 is 0. The van der Waals surface area contributed by atoms with Crippen molar-refractivity contribution in [2.24, 2.45) is 0 Å². The first-order chi connectivity index (χ1) is 7.24. The van der Waals surface area contributed by atoms with Crippen molar-refractivity contribution in [1.82, 2.24) is 4.90 Å². The number of carboxylic acid groups (broad SMARTS) is 1. The normalized spacial score (nSPS) is 12.8. The number of rotatable bonds is 7. The molecular weight excluding hydrogens is 241 g/mol. The highest BCUT2D eigenvalue weighted by atomic mass is 32.4. The molecule has 0 saturated heterocycles. The molecule has 0 amide bonds. The fraction of sp³-hybridized carbons (Fsp3) is 0.909. The molecule has 1 N–H and O–H groups in total. The van der Waals surface area contributed by atoms with E-state index >= 15 is 0 Å². The first-order valence-corrected chi connectivity index (χ1v) is 8.89. The van der Waals surface area contributed by atoms with E-state index < -0.39 is 12.0 Å². The van der Waals surface area contributed by atoms with Gasteiger partial charge in [0.15, 0.2) is 0 Å². The summed E-state index contributed by atoms with van der Waals surface area (Å²) in [6.45, 7) is 11.5. The molecule has 0 aliphatic rings. The van der Waals surface area contributed by atoms with Crippen LogP contribution in [0.25, 0.3) is 0 Å². The number of nitrogens with zero attached hydrogens (tertiary/aromatic N) is 1. The minimum atomic E-state index is -1.50. The third kappa shape index (κ3) is 4.52. The molecule has 0 rings (SSSR count). The summed E-state index contributed by atoms with van der Waals surface area (Å²) in [7, 11) is 0. The second-order valence-electron chi connectivity index (χ2n) is 4.72.